The second-order valence-corrected chi connectivity index (χ2v) is 4.91. The number of benzene rings is 1. The molecule has 0 unspecified atom stereocenters. The molecule has 104 valence electrons. The molecule has 5 heteroatoms. The number of anilines is 1. The summed E-state index contributed by atoms with van der Waals surface area (Å²) in [6.07, 6.45) is 3.46. The Kier molecular flexibility index (Phi) is 4.85. The van der Waals surface area contributed by atoms with Gasteiger partial charge >= 0.3 is 0 Å². The van der Waals surface area contributed by atoms with Crippen LogP contribution in [0, 0.1) is 17.6 Å². The smallest absolute Gasteiger partial charge is 0.224 e. The number of carbonyl (C=O) groups is 1. The minimum Gasteiger partial charge on any atom is -0.326 e. The van der Waals surface area contributed by atoms with Gasteiger partial charge in [0.05, 0.1) is 0 Å². The van der Waals surface area contributed by atoms with Crippen molar-refractivity contribution in [2.75, 3.05) is 18.4 Å². The summed E-state index contributed by atoms with van der Waals surface area (Å²) in [5.74, 6) is -1.43. The second kappa shape index (κ2) is 6.61. The molecular formula is C14H18F2N2O. The molecule has 0 atom stereocenters. The maximum atomic E-state index is 13.0. The highest BCUT2D eigenvalue weighted by Crippen LogP contribution is 2.19. The predicted octanol–water partition coefficient (Wildman–Crippen LogP) is 2.68. The lowest BCUT2D eigenvalue weighted by Gasteiger charge is -2.22. The highest BCUT2D eigenvalue weighted by atomic mass is 19.2. The fourth-order valence-electron chi connectivity index (χ4n) is 2.30. The maximum absolute atomic E-state index is 13.0. The Hall–Kier alpha value is -1.49. The molecule has 0 bridgehead atoms. The van der Waals surface area contributed by atoms with Gasteiger partial charge in [0.25, 0.3) is 0 Å². The highest BCUT2D eigenvalue weighted by molar-refractivity contribution is 5.90. The molecule has 19 heavy (non-hydrogen) atoms. The average Bonchev–Trinajstić information content (AvgIpc) is 2.42. The van der Waals surface area contributed by atoms with Crippen LogP contribution in [0.5, 0.6) is 0 Å². The summed E-state index contributed by atoms with van der Waals surface area (Å²) in [5.41, 5.74) is 0.300. The average molecular weight is 268 g/mol. The van der Waals surface area contributed by atoms with Gasteiger partial charge in [-0.3, -0.25) is 4.79 Å². The number of rotatable bonds is 4. The second-order valence-electron chi connectivity index (χ2n) is 4.91. The summed E-state index contributed by atoms with van der Waals surface area (Å²) in [6.45, 7) is 2.02. The predicted molar refractivity (Wildman–Crippen MR) is 69.8 cm³/mol. The van der Waals surface area contributed by atoms with E-state index in [1.807, 2.05) is 0 Å². The number of nitrogens with one attached hydrogen (secondary N) is 2. The van der Waals surface area contributed by atoms with Crippen LogP contribution in [0.25, 0.3) is 0 Å². The van der Waals surface area contributed by atoms with E-state index in [0.717, 1.165) is 44.5 Å². The van der Waals surface area contributed by atoms with Crippen LogP contribution in [-0.2, 0) is 4.79 Å². The molecule has 2 N–H and O–H groups in total. The topological polar surface area (TPSA) is 41.1 Å². The summed E-state index contributed by atoms with van der Waals surface area (Å²) in [7, 11) is 0. The largest absolute Gasteiger partial charge is 0.326 e. The first-order valence-corrected chi connectivity index (χ1v) is 6.61. The number of hydrogen-bond donors (Lipinski definition) is 2. The molecule has 1 aliphatic rings. The maximum Gasteiger partial charge on any atom is 0.224 e. The molecule has 2 rings (SSSR count). The fourth-order valence-corrected chi connectivity index (χ4v) is 2.30. The third-order valence-corrected chi connectivity index (χ3v) is 3.44. The Balaban J connectivity index is 1.78. The van der Waals surface area contributed by atoms with Crippen LogP contribution < -0.4 is 10.6 Å². The van der Waals surface area contributed by atoms with Gasteiger partial charge in [-0.2, -0.15) is 0 Å². The van der Waals surface area contributed by atoms with E-state index in [0.29, 0.717) is 18.0 Å². The summed E-state index contributed by atoms with van der Waals surface area (Å²) in [6, 6.07) is 3.37. The van der Waals surface area contributed by atoms with Crippen LogP contribution in [-0.4, -0.2) is 19.0 Å². The van der Waals surface area contributed by atoms with Crippen molar-refractivity contribution in [1.29, 1.82) is 0 Å². The molecule has 1 aromatic rings. The summed E-state index contributed by atoms with van der Waals surface area (Å²) < 4.78 is 25.7. The van der Waals surface area contributed by atoms with Gasteiger partial charge in [-0.05, 0) is 50.4 Å². The van der Waals surface area contributed by atoms with Gasteiger partial charge < -0.3 is 10.6 Å². The molecule has 0 aromatic heterocycles. The molecule has 0 spiro atoms. The highest BCUT2D eigenvalue weighted by Gasteiger charge is 2.14. The van der Waals surface area contributed by atoms with E-state index in [-0.39, 0.29) is 5.91 Å². The molecule has 1 fully saturated rings. The number of halogens is 2. The molecular weight excluding hydrogens is 250 g/mol. The van der Waals surface area contributed by atoms with Crippen molar-refractivity contribution in [1.82, 2.24) is 5.32 Å². The van der Waals surface area contributed by atoms with Crippen molar-refractivity contribution in [2.45, 2.75) is 25.7 Å². The van der Waals surface area contributed by atoms with E-state index >= 15 is 0 Å². The van der Waals surface area contributed by atoms with E-state index in [1.165, 1.54) is 6.07 Å². The lowest BCUT2D eigenvalue weighted by atomic mass is 9.93. The zero-order valence-electron chi connectivity index (χ0n) is 10.7. The van der Waals surface area contributed by atoms with E-state index in [9.17, 15) is 13.6 Å². The van der Waals surface area contributed by atoms with Crippen LogP contribution in [0.4, 0.5) is 14.5 Å². The number of hydrogen-bond acceptors (Lipinski definition) is 2. The monoisotopic (exact) mass is 268 g/mol. The number of carbonyl (C=O) groups excluding carboxylic acids is 1. The van der Waals surface area contributed by atoms with E-state index < -0.39 is 11.6 Å². The Bertz CT molecular complexity index is 445. The van der Waals surface area contributed by atoms with Crippen molar-refractivity contribution in [3.05, 3.63) is 29.8 Å². The molecule has 0 radical (unpaired) electrons. The van der Waals surface area contributed by atoms with Gasteiger partial charge in [-0.15, -0.1) is 0 Å². The van der Waals surface area contributed by atoms with Crippen LogP contribution in [0.15, 0.2) is 18.2 Å². The quantitative estimate of drug-likeness (QED) is 0.881. The standard InChI is InChI=1S/C14H18F2N2O/c15-12-3-2-11(9-13(12)16)18-14(19)4-1-10-5-7-17-8-6-10/h2-3,9-10,17H,1,4-8H2,(H,18,19). The van der Waals surface area contributed by atoms with Crippen LogP contribution >= 0.6 is 0 Å². The van der Waals surface area contributed by atoms with Gasteiger partial charge in [-0.25, -0.2) is 8.78 Å². The molecule has 1 aromatic carbocycles. The van der Waals surface area contributed by atoms with E-state index in [4.69, 9.17) is 0 Å². The molecule has 0 aliphatic carbocycles. The first-order valence-electron chi connectivity index (χ1n) is 6.61. The molecule has 0 saturated carbocycles. The first kappa shape index (κ1) is 13.9. The number of amides is 1. The van der Waals surface area contributed by atoms with Gasteiger partial charge in [0.1, 0.15) is 0 Å². The Morgan fingerprint density at radius 2 is 2.00 bits per heavy atom. The zero-order chi connectivity index (χ0) is 13.7. The zero-order valence-corrected chi connectivity index (χ0v) is 10.7. The summed E-state index contributed by atoms with van der Waals surface area (Å²) in [5, 5.41) is 5.86. The van der Waals surface area contributed by atoms with Crippen molar-refractivity contribution in [3.8, 4) is 0 Å². The van der Waals surface area contributed by atoms with Gasteiger partial charge in [0.2, 0.25) is 5.91 Å². The minimum atomic E-state index is -0.948. The molecule has 3 nitrogen and oxygen atoms in total. The Labute approximate surface area is 111 Å². The van der Waals surface area contributed by atoms with Crippen LogP contribution in [0.1, 0.15) is 25.7 Å². The number of piperidine rings is 1. The minimum absolute atomic E-state index is 0.149. The van der Waals surface area contributed by atoms with Crippen molar-refractivity contribution in [3.63, 3.8) is 0 Å². The molecule has 1 saturated heterocycles. The van der Waals surface area contributed by atoms with Crippen molar-refractivity contribution >= 4 is 11.6 Å². The molecule has 1 aliphatic heterocycles. The van der Waals surface area contributed by atoms with Crippen molar-refractivity contribution < 1.29 is 13.6 Å². The molecule has 1 heterocycles. The third kappa shape index (κ3) is 4.28. The Morgan fingerprint density at radius 3 is 2.68 bits per heavy atom. The van der Waals surface area contributed by atoms with E-state index in [2.05, 4.69) is 10.6 Å². The van der Waals surface area contributed by atoms with Crippen molar-refractivity contribution in [2.24, 2.45) is 5.92 Å². The summed E-state index contributed by atoms with van der Waals surface area (Å²) in [4.78, 5) is 11.7. The fraction of sp³-hybridized carbons (Fsp3) is 0.500. The van der Waals surface area contributed by atoms with Gasteiger partial charge in [0, 0.05) is 18.2 Å². The molecule has 1 amide bonds. The van der Waals surface area contributed by atoms with E-state index in [1.54, 1.807) is 0 Å². The van der Waals surface area contributed by atoms with Gasteiger partial charge in [0.15, 0.2) is 11.6 Å². The van der Waals surface area contributed by atoms with Gasteiger partial charge in [-0.1, -0.05) is 0 Å². The van der Waals surface area contributed by atoms with Crippen LogP contribution in [0.3, 0.4) is 0 Å². The lowest BCUT2D eigenvalue weighted by Crippen LogP contribution is -2.28. The Morgan fingerprint density at radius 1 is 1.26 bits per heavy atom. The summed E-state index contributed by atoms with van der Waals surface area (Å²) >= 11 is 0. The normalized spacial score (nSPS) is 16.3. The lowest BCUT2D eigenvalue weighted by molar-refractivity contribution is -0.116. The third-order valence-electron chi connectivity index (χ3n) is 3.44. The first-order chi connectivity index (χ1) is 9.15. The SMILES string of the molecule is O=C(CCC1CCNCC1)Nc1ccc(F)c(F)c1. The van der Waals surface area contributed by atoms with Crippen LogP contribution in [0.2, 0.25) is 0 Å².